The summed E-state index contributed by atoms with van der Waals surface area (Å²) in [6.45, 7) is 4.16. The molecule has 0 fully saturated rings. The monoisotopic (exact) mass is 832 g/mol. The lowest BCUT2D eigenvalue weighted by molar-refractivity contribution is -0.171. The van der Waals surface area contributed by atoms with E-state index in [-0.39, 0.29) is 65.5 Å². The molecule has 0 aliphatic heterocycles. The van der Waals surface area contributed by atoms with Gasteiger partial charge in [-0.3, -0.25) is 29.0 Å². The Hall–Kier alpha value is -6.91. The molecular weight excluding hydrogens is 780 g/mol. The van der Waals surface area contributed by atoms with Crippen LogP contribution in [-0.2, 0) is 28.8 Å². The van der Waals surface area contributed by atoms with E-state index in [2.05, 4.69) is 20.9 Å². The molecule has 22 heteroatoms. The van der Waals surface area contributed by atoms with Crippen LogP contribution in [0.15, 0.2) is 53.2 Å². The minimum Gasteiger partial charge on any atom is -0.481 e. The van der Waals surface area contributed by atoms with Gasteiger partial charge in [-0.25, -0.2) is 14.4 Å². The molecule has 2 aromatic heterocycles. The molecule has 0 bridgehead atoms. The number of aromatic nitrogens is 1. The van der Waals surface area contributed by atoms with E-state index >= 15 is 0 Å². The maximum absolute atomic E-state index is 13.5. The Morgan fingerprint density at radius 3 is 2.20 bits per heavy atom. The smallest absolute Gasteiger partial charge is 0.363 e. The zero-order valence-corrected chi connectivity index (χ0v) is 32.9. The molecule has 22 nitrogen and oxygen atoms in total. The van der Waals surface area contributed by atoms with Gasteiger partial charge >= 0.3 is 23.9 Å². The zero-order chi connectivity index (χ0) is 41.4. The first kappa shape index (κ1) is 52.1. The third-order valence-corrected chi connectivity index (χ3v) is 8.38. The van der Waals surface area contributed by atoms with Gasteiger partial charge in [0.05, 0.1) is 36.2 Å². The topological polar surface area (TPSA) is 386 Å². The Balaban J connectivity index is 0.0000112. The lowest BCUT2D eigenvalue weighted by atomic mass is 9.90. The van der Waals surface area contributed by atoms with Crippen LogP contribution in [0.2, 0.25) is 0 Å². The molecule has 3 rings (SSSR count). The van der Waals surface area contributed by atoms with Gasteiger partial charge in [-0.15, -0.1) is 0 Å². The number of hydrogen-bond acceptors (Lipinski definition) is 15. The third-order valence-electron chi connectivity index (χ3n) is 8.38. The molecule has 324 valence electrons. The van der Waals surface area contributed by atoms with Crippen molar-refractivity contribution >= 4 is 48.0 Å². The normalized spacial score (nSPS) is 11.6. The Labute approximate surface area is 338 Å². The van der Waals surface area contributed by atoms with E-state index < -0.39 is 72.6 Å². The highest BCUT2D eigenvalue weighted by Crippen LogP contribution is 2.29. The van der Waals surface area contributed by atoms with Crippen molar-refractivity contribution in [2.45, 2.75) is 71.4 Å². The van der Waals surface area contributed by atoms with Crippen LogP contribution >= 0.6 is 0 Å². The molecule has 0 saturated heterocycles. The van der Waals surface area contributed by atoms with Crippen molar-refractivity contribution in [1.29, 1.82) is 0 Å². The molecule has 0 radical (unpaired) electrons. The minimum absolute atomic E-state index is 0. The average molecular weight is 833 g/mol. The Morgan fingerprint density at radius 1 is 0.898 bits per heavy atom. The fourth-order valence-corrected chi connectivity index (χ4v) is 5.55. The number of nitrogens with zero attached hydrogens (tertiary/aromatic N) is 2. The summed E-state index contributed by atoms with van der Waals surface area (Å²) in [6.07, 6.45) is 5.22. The average Bonchev–Trinajstić information content (AvgIpc) is 3.66. The number of amides is 4. The standard InChI is InChI=1S/C37H43N5O14.3H3N/c1-4-6-7-8-24(27(5-2)42(20-43)56-37(53)23-13-14-38-17-21(23)3)33(48)39-19-40-35(50)29-12-11-28(55-29)22-9-10-25(30(15-22)54-18-32(46)47)34(49)41-26(36(51)52)16-31(44)45;;;/h9-15,17,20,24,26-27H,4-8,16,18-19H2,1-3H3,(H,39,48)(H,40,50)(H,41,49)(H,44,45)(H,46,47)(H,51,52);3*1H3/t24-,26+,27-;;;/m1.../s1. The van der Waals surface area contributed by atoms with Gasteiger partial charge in [-0.2, -0.15) is 5.06 Å². The molecule has 0 aliphatic carbocycles. The van der Waals surface area contributed by atoms with Crippen molar-refractivity contribution in [3.8, 4) is 17.1 Å². The molecule has 0 spiro atoms. The summed E-state index contributed by atoms with van der Waals surface area (Å²) < 4.78 is 10.9. The van der Waals surface area contributed by atoms with Gasteiger partial charge in [0.2, 0.25) is 12.3 Å². The summed E-state index contributed by atoms with van der Waals surface area (Å²) in [5, 5.41) is 35.4. The predicted octanol–water partition coefficient (Wildman–Crippen LogP) is 3.27. The number of aryl methyl sites for hydroxylation is 1. The quantitative estimate of drug-likeness (QED) is 0.0286. The van der Waals surface area contributed by atoms with Crippen molar-refractivity contribution in [1.82, 2.24) is 44.4 Å². The van der Waals surface area contributed by atoms with Gasteiger partial charge in [0.1, 0.15) is 17.6 Å². The van der Waals surface area contributed by atoms with Crippen molar-refractivity contribution in [3.05, 3.63) is 71.2 Å². The van der Waals surface area contributed by atoms with Gasteiger partial charge in [-0.1, -0.05) is 39.2 Å². The van der Waals surface area contributed by atoms with E-state index in [1.54, 1.807) is 13.8 Å². The van der Waals surface area contributed by atoms with E-state index in [9.17, 15) is 43.5 Å². The van der Waals surface area contributed by atoms with Crippen LogP contribution < -0.4 is 39.1 Å². The lowest BCUT2D eigenvalue weighted by Crippen LogP contribution is -2.49. The first-order chi connectivity index (χ1) is 26.7. The van der Waals surface area contributed by atoms with Gasteiger partial charge in [0.25, 0.3) is 11.8 Å². The molecule has 15 N–H and O–H groups in total. The Kier molecular flexibility index (Phi) is 22.4. The number of carbonyl (C=O) groups excluding carboxylic acids is 5. The number of unbranched alkanes of at least 4 members (excludes halogenated alkanes) is 2. The molecule has 0 aliphatic rings. The van der Waals surface area contributed by atoms with Crippen LogP contribution in [-0.4, -0.2) is 98.7 Å². The molecule has 1 aromatic carbocycles. The molecule has 0 saturated carbocycles. The highest BCUT2D eigenvalue weighted by molar-refractivity contribution is 6.00. The summed E-state index contributed by atoms with van der Waals surface area (Å²) in [4.78, 5) is 107. The third kappa shape index (κ3) is 15.2. The van der Waals surface area contributed by atoms with E-state index in [1.807, 2.05) is 6.92 Å². The molecular formula is C37H52N8O14. The van der Waals surface area contributed by atoms with Crippen molar-refractivity contribution in [3.63, 3.8) is 0 Å². The number of nitrogens with one attached hydrogen (secondary N) is 3. The summed E-state index contributed by atoms with van der Waals surface area (Å²) in [7, 11) is 0. The molecule has 2 heterocycles. The van der Waals surface area contributed by atoms with Crippen LogP contribution in [0.5, 0.6) is 5.75 Å². The van der Waals surface area contributed by atoms with E-state index in [0.717, 1.165) is 17.9 Å². The second kappa shape index (κ2) is 25.4. The Bertz CT molecular complexity index is 1920. The van der Waals surface area contributed by atoms with Crippen LogP contribution in [0.3, 0.4) is 0 Å². The summed E-state index contributed by atoms with van der Waals surface area (Å²) >= 11 is 0. The van der Waals surface area contributed by atoms with Gasteiger partial charge < -0.3 is 63.7 Å². The maximum Gasteiger partial charge on any atom is 0.363 e. The number of hydroxylamine groups is 2. The molecule has 3 aromatic rings. The fourth-order valence-electron chi connectivity index (χ4n) is 5.55. The van der Waals surface area contributed by atoms with Crippen LogP contribution in [0, 0.1) is 12.8 Å². The zero-order valence-electron chi connectivity index (χ0n) is 32.9. The number of ether oxygens (including phenoxy) is 1. The number of hydrogen-bond donors (Lipinski definition) is 9. The Morgan fingerprint density at radius 2 is 1.61 bits per heavy atom. The molecule has 4 amide bonds. The van der Waals surface area contributed by atoms with Gasteiger partial charge in [0, 0.05) is 18.0 Å². The lowest BCUT2D eigenvalue weighted by Gasteiger charge is -2.32. The number of carboxylic acid groups (broad SMARTS) is 3. The van der Waals surface area contributed by atoms with Crippen LogP contribution in [0.4, 0.5) is 0 Å². The number of benzene rings is 1. The van der Waals surface area contributed by atoms with E-state index in [4.69, 9.17) is 24.2 Å². The highest BCUT2D eigenvalue weighted by Gasteiger charge is 2.34. The number of carbonyl (C=O) groups is 8. The van der Waals surface area contributed by atoms with E-state index in [0.29, 0.717) is 24.8 Å². The van der Waals surface area contributed by atoms with Crippen molar-refractivity contribution < 1.29 is 67.7 Å². The van der Waals surface area contributed by atoms with Crippen LogP contribution in [0.25, 0.3) is 11.3 Å². The summed E-state index contributed by atoms with van der Waals surface area (Å²) in [6, 6.07) is 5.28. The maximum atomic E-state index is 13.5. The molecule has 59 heavy (non-hydrogen) atoms. The second-order valence-electron chi connectivity index (χ2n) is 12.4. The highest BCUT2D eigenvalue weighted by atomic mass is 16.7. The number of carboxylic acids is 3. The van der Waals surface area contributed by atoms with Gasteiger partial charge in [-0.05, 0) is 55.7 Å². The number of rotatable bonds is 23. The van der Waals surface area contributed by atoms with Gasteiger partial charge in [0.15, 0.2) is 12.4 Å². The van der Waals surface area contributed by atoms with Crippen molar-refractivity contribution in [2.75, 3.05) is 13.3 Å². The summed E-state index contributed by atoms with van der Waals surface area (Å²) in [5.74, 6) is -8.81. The number of aliphatic carboxylic acids is 3. The molecule has 0 unspecified atom stereocenters. The summed E-state index contributed by atoms with van der Waals surface area (Å²) in [5.41, 5.74) is 0.654. The number of furan rings is 1. The molecule has 3 atom stereocenters. The fraction of sp³-hybridized carbons (Fsp3) is 0.378. The predicted molar refractivity (Wildman–Crippen MR) is 208 cm³/mol. The van der Waals surface area contributed by atoms with Crippen molar-refractivity contribution in [2.24, 2.45) is 5.92 Å². The number of pyridine rings is 1. The van der Waals surface area contributed by atoms with Crippen LogP contribution in [0.1, 0.15) is 89.2 Å². The SMILES string of the molecule is CCCCC[C@@H](C(=O)NCNC(=O)c1ccc(-c2ccc(C(=O)N[C@@H](CC(=O)O)C(=O)O)c(OCC(=O)O)c2)o1)[C@@H](CC)N(C=O)OC(=O)c1ccncc1C.N.N.N. The first-order valence-corrected chi connectivity index (χ1v) is 17.5. The first-order valence-electron chi connectivity index (χ1n) is 17.5. The minimum atomic E-state index is -1.79. The van der Waals surface area contributed by atoms with E-state index in [1.165, 1.54) is 48.8 Å². The second-order valence-corrected chi connectivity index (χ2v) is 12.4. The largest absolute Gasteiger partial charge is 0.481 e.